The average molecular weight is 354 g/mol. The summed E-state index contributed by atoms with van der Waals surface area (Å²) in [5, 5.41) is 5.69. The van der Waals surface area contributed by atoms with Crippen LogP contribution in [-0.2, 0) is 29.1 Å². The number of carbonyl (C=O) groups excluding carboxylic acids is 2. The van der Waals surface area contributed by atoms with E-state index < -0.39 is 0 Å². The van der Waals surface area contributed by atoms with Gasteiger partial charge in [-0.25, -0.2) is 4.98 Å². The molecule has 0 aliphatic heterocycles. The van der Waals surface area contributed by atoms with Crippen LogP contribution >= 0.6 is 0 Å². The van der Waals surface area contributed by atoms with E-state index in [9.17, 15) is 9.59 Å². The zero-order chi connectivity index (χ0) is 18.4. The van der Waals surface area contributed by atoms with Gasteiger partial charge in [-0.15, -0.1) is 0 Å². The Hall–Kier alpha value is -3.09. The van der Waals surface area contributed by atoms with Gasteiger partial charge in [0.15, 0.2) is 0 Å². The predicted octanol–water partition coefficient (Wildman–Crippen LogP) is 2.01. The first-order valence-electron chi connectivity index (χ1n) is 8.67. The third kappa shape index (κ3) is 4.30. The molecule has 3 aromatic rings. The Bertz CT molecular complexity index is 883. The summed E-state index contributed by atoms with van der Waals surface area (Å²) in [6.07, 6.45) is 2.59. The molecule has 0 aliphatic carbocycles. The molecular formula is C19H22N4O3. The molecule has 0 spiro atoms. The highest BCUT2D eigenvalue weighted by Gasteiger charge is 2.14. The molecule has 7 nitrogen and oxygen atoms in total. The van der Waals surface area contributed by atoms with Crippen molar-refractivity contribution in [2.45, 2.75) is 32.9 Å². The van der Waals surface area contributed by atoms with Gasteiger partial charge in [-0.2, -0.15) is 0 Å². The third-order valence-electron chi connectivity index (χ3n) is 4.07. The van der Waals surface area contributed by atoms with Crippen molar-refractivity contribution in [3.8, 4) is 0 Å². The minimum atomic E-state index is -0.122. The van der Waals surface area contributed by atoms with Crippen molar-refractivity contribution in [1.82, 2.24) is 20.2 Å². The van der Waals surface area contributed by atoms with Gasteiger partial charge in [0.25, 0.3) is 0 Å². The summed E-state index contributed by atoms with van der Waals surface area (Å²) < 4.78 is 7.12. The largest absolute Gasteiger partial charge is 0.467 e. The van der Waals surface area contributed by atoms with Crippen molar-refractivity contribution in [3.05, 3.63) is 54.2 Å². The lowest BCUT2D eigenvalue weighted by Crippen LogP contribution is -2.29. The molecule has 0 saturated carbocycles. The zero-order valence-corrected chi connectivity index (χ0v) is 14.7. The average Bonchev–Trinajstić information content (AvgIpc) is 3.28. The summed E-state index contributed by atoms with van der Waals surface area (Å²) in [5.41, 5.74) is 1.74. The van der Waals surface area contributed by atoms with Crippen LogP contribution in [-0.4, -0.2) is 27.9 Å². The number of rotatable bonds is 8. The molecular weight excluding hydrogens is 332 g/mol. The molecule has 0 unspecified atom stereocenters. The summed E-state index contributed by atoms with van der Waals surface area (Å²) in [4.78, 5) is 28.4. The van der Waals surface area contributed by atoms with Gasteiger partial charge in [-0.05, 0) is 24.3 Å². The highest BCUT2D eigenvalue weighted by atomic mass is 16.3. The second-order valence-corrected chi connectivity index (χ2v) is 5.91. The molecule has 0 bridgehead atoms. The van der Waals surface area contributed by atoms with Gasteiger partial charge in [0.2, 0.25) is 11.8 Å². The van der Waals surface area contributed by atoms with Gasteiger partial charge in [0, 0.05) is 19.4 Å². The van der Waals surface area contributed by atoms with E-state index in [1.807, 2.05) is 41.8 Å². The molecule has 0 saturated heterocycles. The Morgan fingerprint density at radius 1 is 1.12 bits per heavy atom. The molecule has 2 N–H and O–H groups in total. The van der Waals surface area contributed by atoms with E-state index >= 15 is 0 Å². The fourth-order valence-electron chi connectivity index (χ4n) is 2.73. The molecule has 0 radical (unpaired) electrons. The van der Waals surface area contributed by atoms with Crippen molar-refractivity contribution in [3.63, 3.8) is 0 Å². The quantitative estimate of drug-likeness (QED) is 0.648. The molecule has 2 amide bonds. The molecule has 7 heteroatoms. The van der Waals surface area contributed by atoms with E-state index in [0.29, 0.717) is 31.7 Å². The summed E-state index contributed by atoms with van der Waals surface area (Å²) in [6.45, 7) is 2.82. The summed E-state index contributed by atoms with van der Waals surface area (Å²) in [6, 6.07) is 11.3. The SMILES string of the molecule is CCC(=O)NCCc1nc2ccccc2n1CC(=O)NCc1ccco1. The normalized spacial score (nSPS) is 10.8. The topological polar surface area (TPSA) is 89.2 Å². The molecule has 3 rings (SSSR count). The van der Waals surface area contributed by atoms with Crippen LogP contribution in [0.3, 0.4) is 0 Å². The third-order valence-corrected chi connectivity index (χ3v) is 4.07. The van der Waals surface area contributed by atoms with E-state index in [-0.39, 0.29) is 18.4 Å². The van der Waals surface area contributed by atoms with Gasteiger partial charge < -0.3 is 19.6 Å². The van der Waals surface area contributed by atoms with Crippen LogP contribution in [0.4, 0.5) is 0 Å². The van der Waals surface area contributed by atoms with E-state index in [1.54, 1.807) is 12.3 Å². The summed E-state index contributed by atoms with van der Waals surface area (Å²) in [5.74, 6) is 1.36. The van der Waals surface area contributed by atoms with Crippen molar-refractivity contribution < 1.29 is 14.0 Å². The molecule has 2 heterocycles. The number of carbonyl (C=O) groups is 2. The Balaban J connectivity index is 1.71. The van der Waals surface area contributed by atoms with Gasteiger partial charge >= 0.3 is 0 Å². The Morgan fingerprint density at radius 2 is 1.96 bits per heavy atom. The van der Waals surface area contributed by atoms with E-state index in [0.717, 1.165) is 16.9 Å². The van der Waals surface area contributed by atoms with E-state index in [2.05, 4.69) is 15.6 Å². The van der Waals surface area contributed by atoms with Gasteiger partial charge in [0.05, 0.1) is 23.8 Å². The number of imidazole rings is 1. The number of hydrogen-bond donors (Lipinski definition) is 2. The van der Waals surface area contributed by atoms with E-state index in [1.165, 1.54) is 0 Å². The lowest BCUT2D eigenvalue weighted by molar-refractivity contribution is -0.122. The fraction of sp³-hybridized carbons (Fsp3) is 0.316. The summed E-state index contributed by atoms with van der Waals surface area (Å²) in [7, 11) is 0. The zero-order valence-electron chi connectivity index (χ0n) is 14.7. The highest BCUT2D eigenvalue weighted by Crippen LogP contribution is 2.16. The lowest BCUT2D eigenvalue weighted by Gasteiger charge is -2.10. The molecule has 136 valence electrons. The minimum Gasteiger partial charge on any atom is -0.467 e. The Morgan fingerprint density at radius 3 is 2.73 bits per heavy atom. The standard InChI is InChI=1S/C19H22N4O3/c1-2-18(24)20-10-9-17-22-15-7-3-4-8-16(15)23(17)13-19(25)21-12-14-6-5-11-26-14/h3-8,11H,2,9-10,12-13H2,1H3,(H,20,24)(H,21,25). The minimum absolute atomic E-state index is 0.00357. The molecule has 0 fully saturated rings. The Labute approximate surface area is 151 Å². The number of nitrogens with one attached hydrogen (secondary N) is 2. The smallest absolute Gasteiger partial charge is 0.240 e. The number of benzene rings is 1. The van der Waals surface area contributed by atoms with Gasteiger partial charge in [0.1, 0.15) is 18.1 Å². The summed E-state index contributed by atoms with van der Waals surface area (Å²) >= 11 is 0. The monoisotopic (exact) mass is 354 g/mol. The molecule has 2 aromatic heterocycles. The maximum atomic E-state index is 12.4. The first-order chi connectivity index (χ1) is 12.7. The molecule has 0 atom stereocenters. The maximum absolute atomic E-state index is 12.4. The highest BCUT2D eigenvalue weighted by molar-refractivity contribution is 5.81. The van der Waals surface area contributed by atoms with Gasteiger partial charge in [-0.1, -0.05) is 19.1 Å². The lowest BCUT2D eigenvalue weighted by atomic mass is 10.3. The van der Waals surface area contributed by atoms with Crippen LogP contribution < -0.4 is 10.6 Å². The first kappa shape index (κ1) is 17.7. The van der Waals surface area contributed by atoms with Crippen molar-refractivity contribution in [2.75, 3.05) is 6.54 Å². The number of aromatic nitrogens is 2. The Kier molecular flexibility index (Phi) is 5.68. The van der Waals surface area contributed by atoms with Crippen LogP contribution in [0.2, 0.25) is 0 Å². The fourth-order valence-corrected chi connectivity index (χ4v) is 2.73. The van der Waals surface area contributed by atoms with Gasteiger partial charge in [-0.3, -0.25) is 9.59 Å². The second-order valence-electron chi connectivity index (χ2n) is 5.91. The molecule has 26 heavy (non-hydrogen) atoms. The van der Waals surface area contributed by atoms with E-state index in [4.69, 9.17) is 4.42 Å². The van der Waals surface area contributed by atoms with Crippen LogP contribution in [0.5, 0.6) is 0 Å². The number of nitrogens with zero attached hydrogens (tertiary/aromatic N) is 2. The molecule has 0 aliphatic rings. The van der Waals surface area contributed by atoms with Crippen molar-refractivity contribution >= 4 is 22.8 Å². The van der Waals surface area contributed by atoms with Crippen molar-refractivity contribution in [2.24, 2.45) is 0 Å². The van der Waals surface area contributed by atoms with Crippen LogP contribution in [0.15, 0.2) is 47.1 Å². The number of amides is 2. The van der Waals surface area contributed by atoms with Crippen molar-refractivity contribution in [1.29, 1.82) is 0 Å². The number of furan rings is 1. The maximum Gasteiger partial charge on any atom is 0.240 e. The first-order valence-corrected chi connectivity index (χ1v) is 8.67. The van der Waals surface area contributed by atoms with Crippen LogP contribution in [0.1, 0.15) is 24.9 Å². The number of para-hydroxylation sites is 2. The number of hydrogen-bond acceptors (Lipinski definition) is 4. The van der Waals surface area contributed by atoms with Crippen LogP contribution in [0.25, 0.3) is 11.0 Å². The molecule has 1 aromatic carbocycles. The number of fused-ring (bicyclic) bond motifs is 1. The second kappa shape index (κ2) is 8.33. The van der Waals surface area contributed by atoms with Crippen LogP contribution in [0, 0.1) is 0 Å². The predicted molar refractivity (Wildman–Crippen MR) is 97.3 cm³/mol.